The van der Waals surface area contributed by atoms with E-state index in [0.29, 0.717) is 12.0 Å². The molecule has 0 heterocycles. The molecule has 2 aromatic carbocycles. The summed E-state index contributed by atoms with van der Waals surface area (Å²) < 4.78 is 0. The quantitative estimate of drug-likeness (QED) is 0.443. The Hall–Kier alpha value is -3.48. The number of rotatable bonds is 11. The number of nitrogens with one attached hydrogen (secondary N) is 3. The molecule has 0 aromatic heterocycles. The lowest BCUT2D eigenvalue weighted by atomic mass is 9.99. The summed E-state index contributed by atoms with van der Waals surface area (Å²) in [5.74, 6) is -2.34. The lowest BCUT2D eigenvalue weighted by Crippen LogP contribution is -2.56. The van der Waals surface area contributed by atoms with Crippen LogP contribution in [0.4, 0.5) is 0 Å². The van der Waals surface area contributed by atoms with Gasteiger partial charge >= 0.3 is 0 Å². The van der Waals surface area contributed by atoms with E-state index in [1.54, 1.807) is 51.1 Å². The third kappa shape index (κ3) is 8.81. The highest BCUT2D eigenvalue weighted by molar-refractivity contribution is 6.38. The van der Waals surface area contributed by atoms with Crippen molar-refractivity contribution in [1.82, 2.24) is 16.0 Å². The Labute approximate surface area is 201 Å². The first-order valence-corrected chi connectivity index (χ1v) is 11.7. The van der Waals surface area contributed by atoms with Gasteiger partial charge in [0.1, 0.15) is 12.1 Å². The molecule has 34 heavy (non-hydrogen) atoms. The topological polar surface area (TPSA) is 104 Å². The maximum atomic E-state index is 13.2. The van der Waals surface area contributed by atoms with E-state index in [1.807, 2.05) is 37.3 Å². The minimum absolute atomic E-state index is 0.163. The molecule has 0 radical (unpaired) electrons. The first-order valence-electron chi connectivity index (χ1n) is 11.7. The van der Waals surface area contributed by atoms with Gasteiger partial charge in [0.15, 0.2) is 0 Å². The Balaban J connectivity index is 2.22. The summed E-state index contributed by atoms with van der Waals surface area (Å²) in [6.07, 6.45) is 2.14. The third-order valence-electron chi connectivity index (χ3n) is 5.13. The van der Waals surface area contributed by atoms with Crippen LogP contribution in [0.15, 0.2) is 60.7 Å². The Morgan fingerprint density at radius 1 is 0.824 bits per heavy atom. The van der Waals surface area contributed by atoms with E-state index < -0.39 is 35.2 Å². The molecule has 7 nitrogen and oxygen atoms in total. The van der Waals surface area contributed by atoms with Crippen LogP contribution in [0.2, 0.25) is 0 Å². The highest BCUT2D eigenvalue weighted by atomic mass is 16.2. The predicted molar refractivity (Wildman–Crippen MR) is 132 cm³/mol. The Bertz CT molecular complexity index is 968. The summed E-state index contributed by atoms with van der Waals surface area (Å²) in [4.78, 5) is 51.5. The molecular weight excluding hydrogens is 430 g/mol. The van der Waals surface area contributed by atoms with Gasteiger partial charge in [0.2, 0.25) is 11.7 Å². The molecule has 0 spiro atoms. The Morgan fingerprint density at radius 2 is 1.41 bits per heavy atom. The monoisotopic (exact) mass is 465 g/mol. The maximum Gasteiger partial charge on any atom is 0.290 e. The van der Waals surface area contributed by atoms with Crippen LogP contribution in [-0.2, 0) is 20.8 Å². The normalized spacial score (nSPS) is 12.8. The first kappa shape index (κ1) is 26.8. The van der Waals surface area contributed by atoms with Crippen LogP contribution < -0.4 is 16.0 Å². The minimum Gasteiger partial charge on any atom is -0.345 e. The van der Waals surface area contributed by atoms with Gasteiger partial charge in [-0.3, -0.25) is 19.2 Å². The largest absolute Gasteiger partial charge is 0.345 e. The van der Waals surface area contributed by atoms with E-state index in [1.165, 1.54) is 0 Å². The number of Topliss-reactive ketones (excluding diaryl/α,β-unsaturated/α-hetero) is 1. The molecule has 182 valence electrons. The van der Waals surface area contributed by atoms with Gasteiger partial charge in [-0.1, -0.05) is 68.3 Å². The van der Waals surface area contributed by atoms with Crippen LogP contribution in [0.1, 0.15) is 62.9 Å². The van der Waals surface area contributed by atoms with Crippen molar-refractivity contribution >= 4 is 23.5 Å². The van der Waals surface area contributed by atoms with Crippen molar-refractivity contribution in [3.63, 3.8) is 0 Å². The van der Waals surface area contributed by atoms with E-state index in [2.05, 4.69) is 16.0 Å². The number of amides is 3. The third-order valence-corrected chi connectivity index (χ3v) is 5.13. The van der Waals surface area contributed by atoms with Gasteiger partial charge in [-0.15, -0.1) is 0 Å². The SMILES string of the molecule is CCCCC(NC(=O)c1ccccc1)C(=O)NC(Cc1ccccc1)C(=O)C(=O)NC(C)(C)C. The van der Waals surface area contributed by atoms with E-state index in [0.717, 1.165) is 18.4 Å². The van der Waals surface area contributed by atoms with Crippen molar-refractivity contribution in [3.8, 4) is 0 Å². The lowest BCUT2D eigenvalue weighted by Gasteiger charge is -2.25. The molecule has 0 fully saturated rings. The van der Waals surface area contributed by atoms with Gasteiger partial charge in [-0.05, 0) is 44.9 Å². The molecular formula is C27H35N3O4. The van der Waals surface area contributed by atoms with Gasteiger partial charge in [0.25, 0.3) is 11.8 Å². The number of hydrogen-bond acceptors (Lipinski definition) is 4. The molecule has 7 heteroatoms. The van der Waals surface area contributed by atoms with Crippen LogP contribution in [0, 0.1) is 0 Å². The summed E-state index contributed by atoms with van der Waals surface area (Å²) in [6, 6.07) is 15.9. The van der Waals surface area contributed by atoms with Crippen LogP contribution in [0.3, 0.4) is 0 Å². The van der Waals surface area contributed by atoms with Crippen molar-refractivity contribution in [3.05, 3.63) is 71.8 Å². The second-order valence-corrected chi connectivity index (χ2v) is 9.35. The molecule has 0 bridgehead atoms. The van der Waals surface area contributed by atoms with E-state index in [-0.39, 0.29) is 12.3 Å². The summed E-state index contributed by atoms with van der Waals surface area (Å²) in [6.45, 7) is 7.33. The smallest absolute Gasteiger partial charge is 0.290 e. The van der Waals surface area contributed by atoms with Crippen molar-refractivity contribution < 1.29 is 19.2 Å². The number of carbonyl (C=O) groups is 4. The maximum absolute atomic E-state index is 13.2. The average molecular weight is 466 g/mol. The molecule has 0 aliphatic rings. The van der Waals surface area contributed by atoms with E-state index in [9.17, 15) is 19.2 Å². The molecule has 0 aliphatic heterocycles. The highest BCUT2D eigenvalue weighted by Gasteiger charge is 2.31. The number of unbranched alkanes of at least 4 members (excludes halogenated alkanes) is 1. The summed E-state index contributed by atoms with van der Waals surface area (Å²) in [7, 11) is 0. The number of benzene rings is 2. The second-order valence-electron chi connectivity index (χ2n) is 9.35. The van der Waals surface area contributed by atoms with E-state index in [4.69, 9.17) is 0 Å². The fourth-order valence-corrected chi connectivity index (χ4v) is 3.40. The van der Waals surface area contributed by atoms with E-state index >= 15 is 0 Å². The van der Waals surface area contributed by atoms with Crippen LogP contribution in [-0.4, -0.2) is 41.1 Å². The van der Waals surface area contributed by atoms with Crippen molar-refractivity contribution in [1.29, 1.82) is 0 Å². The zero-order chi connectivity index (χ0) is 25.1. The van der Waals surface area contributed by atoms with Crippen LogP contribution in [0.25, 0.3) is 0 Å². The standard InChI is InChI=1S/C27H35N3O4/c1-5-6-17-21(28-24(32)20-15-11-8-12-16-20)25(33)29-22(18-19-13-9-7-10-14-19)23(31)26(34)30-27(2,3)4/h7-16,21-22H,5-6,17-18H2,1-4H3,(H,28,32)(H,29,33)(H,30,34). The van der Waals surface area contributed by atoms with Gasteiger partial charge in [0.05, 0.1) is 0 Å². The second kappa shape index (κ2) is 12.7. The molecule has 2 rings (SSSR count). The number of carbonyl (C=O) groups excluding carboxylic acids is 4. The molecule has 0 saturated carbocycles. The van der Waals surface area contributed by atoms with Crippen molar-refractivity contribution in [2.75, 3.05) is 0 Å². The molecule has 3 amide bonds. The predicted octanol–water partition coefficient (Wildman–Crippen LogP) is 3.19. The molecule has 2 atom stereocenters. The zero-order valence-corrected chi connectivity index (χ0v) is 20.4. The lowest BCUT2D eigenvalue weighted by molar-refractivity contribution is -0.141. The highest BCUT2D eigenvalue weighted by Crippen LogP contribution is 2.09. The molecule has 0 saturated heterocycles. The molecule has 2 aromatic rings. The van der Waals surface area contributed by atoms with Crippen LogP contribution >= 0.6 is 0 Å². The molecule has 0 aliphatic carbocycles. The summed E-state index contributed by atoms with van der Waals surface area (Å²) >= 11 is 0. The summed E-state index contributed by atoms with van der Waals surface area (Å²) in [5.41, 5.74) is 0.655. The first-order chi connectivity index (χ1) is 16.1. The minimum atomic E-state index is -1.06. The summed E-state index contributed by atoms with van der Waals surface area (Å²) in [5, 5.41) is 8.18. The fourth-order valence-electron chi connectivity index (χ4n) is 3.40. The number of hydrogen-bond donors (Lipinski definition) is 3. The molecule has 3 N–H and O–H groups in total. The Kier molecular flexibility index (Phi) is 9.98. The van der Waals surface area contributed by atoms with Gasteiger partial charge in [-0.2, -0.15) is 0 Å². The fraction of sp³-hybridized carbons (Fsp3) is 0.407. The van der Waals surface area contributed by atoms with Crippen LogP contribution in [0.5, 0.6) is 0 Å². The number of ketones is 1. The average Bonchev–Trinajstić information content (AvgIpc) is 2.80. The van der Waals surface area contributed by atoms with Gasteiger partial charge in [-0.25, -0.2) is 0 Å². The van der Waals surface area contributed by atoms with Crippen molar-refractivity contribution in [2.24, 2.45) is 0 Å². The van der Waals surface area contributed by atoms with Gasteiger partial charge in [0, 0.05) is 17.5 Å². The molecule has 2 unspecified atom stereocenters. The zero-order valence-electron chi connectivity index (χ0n) is 20.4. The van der Waals surface area contributed by atoms with Gasteiger partial charge < -0.3 is 16.0 Å². The van der Waals surface area contributed by atoms with Crippen molar-refractivity contribution in [2.45, 2.75) is 71.0 Å². The Morgan fingerprint density at radius 3 is 1.97 bits per heavy atom.